The molecule has 0 aliphatic carbocycles. The van der Waals surface area contributed by atoms with E-state index in [1.165, 1.54) is 32.0 Å². The molecular weight excluding hydrogens is 261 g/mol. The van der Waals surface area contributed by atoms with Crippen molar-refractivity contribution in [2.75, 3.05) is 31.5 Å². The Labute approximate surface area is 119 Å². The van der Waals surface area contributed by atoms with Crippen LogP contribution in [0, 0.1) is 12.7 Å². The van der Waals surface area contributed by atoms with Crippen LogP contribution in [-0.2, 0) is 0 Å². The van der Waals surface area contributed by atoms with Gasteiger partial charge in [-0.25, -0.2) is 4.39 Å². The van der Waals surface area contributed by atoms with E-state index >= 15 is 0 Å². The summed E-state index contributed by atoms with van der Waals surface area (Å²) in [5, 5.41) is 6.73. The van der Waals surface area contributed by atoms with Crippen molar-refractivity contribution in [3.05, 3.63) is 29.6 Å². The van der Waals surface area contributed by atoms with Crippen LogP contribution < -0.4 is 15.5 Å². The van der Waals surface area contributed by atoms with Crippen LogP contribution in [0.4, 0.5) is 10.1 Å². The fraction of sp³-hybridized carbons (Fsp3) is 0.500. The van der Waals surface area contributed by atoms with Crippen LogP contribution in [0.15, 0.2) is 18.2 Å². The molecule has 19 heavy (non-hydrogen) atoms. The summed E-state index contributed by atoms with van der Waals surface area (Å²) in [4.78, 5) is 1.64. The molecule has 1 saturated heterocycles. The zero-order chi connectivity index (χ0) is 13.7. The number of aryl methyl sites for hydroxylation is 1. The summed E-state index contributed by atoms with van der Waals surface area (Å²) in [6.45, 7) is 6.23. The maximum Gasteiger partial charge on any atom is 0.170 e. The smallest absolute Gasteiger partial charge is 0.170 e. The van der Waals surface area contributed by atoms with E-state index < -0.39 is 0 Å². The Balaban J connectivity index is 1.72. The monoisotopic (exact) mass is 282 g/mol. The van der Waals surface area contributed by atoms with E-state index in [-0.39, 0.29) is 5.82 Å². The first-order valence-electron chi connectivity index (χ1n) is 6.80. The normalized spacial score (nSPS) is 15.5. The minimum absolute atomic E-state index is 0.214. The zero-order valence-electron chi connectivity index (χ0n) is 11.3. The van der Waals surface area contributed by atoms with Gasteiger partial charge >= 0.3 is 0 Å². The van der Waals surface area contributed by atoms with Gasteiger partial charge in [-0.3, -0.25) is 0 Å². The van der Waals surface area contributed by atoms with Gasteiger partial charge in [-0.15, -0.1) is 0 Å². The highest BCUT2D eigenvalue weighted by Gasteiger charge is 2.14. The zero-order valence-corrected chi connectivity index (χ0v) is 12.1. The van der Waals surface area contributed by atoms with Gasteiger partial charge in [0.15, 0.2) is 5.11 Å². The molecule has 0 unspecified atom stereocenters. The predicted molar refractivity (Wildman–Crippen MR) is 80.2 cm³/mol. The molecule has 3 N–H and O–H groups in total. The first-order chi connectivity index (χ1) is 9.15. The first-order valence-corrected chi connectivity index (χ1v) is 7.20. The lowest BCUT2D eigenvalue weighted by Gasteiger charge is -2.14. The van der Waals surface area contributed by atoms with Crippen molar-refractivity contribution in [1.82, 2.24) is 5.32 Å². The molecule has 0 atom stereocenters. The fourth-order valence-corrected chi connectivity index (χ4v) is 2.54. The number of anilines is 1. The molecule has 0 aromatic heterocycles. The van der Waals surface area contributed by atoms with Gasteiger partial charge in [-0.2, -0.15) is 0 Å². The van der Waals surface area contributed by atoms with Crippen molar-refractivity contribution in [2.45, 2.75) is 19.8 Å². The van der Waals surface area contributed by atoms with Gasteiger partial charge in [0.05, 0.1) is 26.2 Å². The second kappa shape index (κ2) is 6.82. The molecule has 3 nitrogen and oxygen atoms in total. The van der Waals surface area contributed by atoms with Crippen LogP contribution in [0.1, 0.15) is 18.4 Å². The minimum Gasteiger partial charge on any atom is -0.357 e. The third-order valence-electron chi connectivity index (χ3n) is 3.50. The Kier molecular flexibility index (Phi) is 5.10. The topological polar surface area (TPSA) is 28.5 Å². The third-order valence-corrected chi connectivity index (χ3v) is 3.75. The molecular formula is C14H21FN3S+. The average molecular weight is 282 g/mol. The molecule has 0 spiro atoms. The summed E-state index contributed by atoms with van der Waals surface area (Å²) >= 11 is 5.20. The van der Waals surface area contributed by atoms with E-state index in [0.29, 0.717) is 16.4 Å². The SMILES string of the molecule is Cc1ccc(NC(=S)NCC[NH+]2CCCC2)cc1F. The van der Waals surface area contributed by atoms with E-state index in [9.17, 15) is 4.39 Å². The summed E-state index contributed by atoms with van der Waals surface area (Å²) in [5.41, 5.74) is 1.33. The molecule has 1 aromatic rings. The summed E-state index contributed by atoms with van der Waals surface area (Å²) < 4.78 is 13.4. The minimum atomic E-state index is -0.214. The molecule has 1 aliphatic heterocycles. The van der Waals surface area contributed by atoms with Crippen LogP contribution in [0.3, 0.4) is 0 Å². The van der Waals surface area contributed by atoms with E-state index in [4.69, 9.17) is 12.2 Å². The van der Waals surface area contributed by atoms with Crippen LogP contribution in [0.2, 0.25) is 0 Å². The average Bonchev–Trinajstić information content (AvgIpc) is 2.87. The number of rotatable bonds is 4. The molecule has 104 valence electrons. The van der Waals surface area contributed by atoms with Crippen molar-refractivity contribution < 1.29 is 9.29 Å². The molecule has 0 saturated carbocycles. The van der Waals surface area contributed by atoms with E-state index in [1.807, 2.05) is 6.07 Å². The lowest BCUT2D eigenvalue weighted by atomic mass is 10.2. The number of benzene rings is 1. The van der Waals surface area contributed by atoms with E-state index in [0.717, 1.165) is 13.1 Å². The van der Waals surface area contributed by atoms with Crippen molar-refractivity contribution in [3.63, 3.8) is 0 Å². The number of quaternary nitrogens is 1. The Morgan fingerprint density at radius 1 is 1.37 bits per heavy atom. The van der Waals surface area contributed by atoms with Crippen LogP contribution in [-0.4, -0.2) is 31.3 Å². The fourth-order valence-electron chi connectivity index (χ4n) is 2.32. The molecule has 1 aromatic carbocycles. The number of halogens is 1. The molecule has 0 bridgehead atoms. The lowest BCUT2D eigenvalue weighted by Crippen LogP contribution is -3.10. The quantitative estimate of drug-likeness (QED) is 0.722. The van der Waals surface area contributed by atoms with Gasteiger partial charge in [0.1, 0.15) is 5.82 Å². The van der Waals surface area contributed by atoms with Crippen molar-refractivity contribution >= 4 is 23.0 Å². The second-order valence-electron chi connectivity index (χ2n) is 5.05. The molecule has 0 radical (unpaired) electrons. The lowest BCUT2D eigenvalue weighted by molar-refractivity contribution is -0.886. The molecule has 1 fully saturated rings. The van der Waals surface area contributed by atoms with Gasteiger partial charge in [-0.1, -0.05) is 6.07 Å². The summed E-state index contributed by atoms with van der Waals surface area (Å²) in [6, 6.07) is 5.04. The summed E-state index contributed by atoms with van der Waals surface area (Å²) in [7, 11) is 0. The number of hydrogen-bond acceptors (Lipinski definition) is 1. The summed E-state index contributed by atoms with van der Waals surface area (Å²) in [5.74, 6) is -0.214. The Morgan fingerprint density at radius 2 is 2.11 bits per heavy atom. The maximum absolute atomic E-state index is 13.4. The van der Waals surface area contributed by atoms with Crippen molar-refractivity contribution in [1.29, 1.82) is 0 Å². The van der Waals surface area contributed by atoms with Crippen molar-refractivity contribution in [3.8, 4) is 0 Å². The number of likely N-dealkylation sites (tertiary alicyclic amines) is 1. The third kappa shape index (κ3) is 4.44. The second-order valence-corrected chi connectivity index (χ2v) is 5.46. The highest BCUT2D eigenvalue weighted by Crippen LogP contribution is 2.13. The van der Waals surface area contributed by atoms with Gasteiger partial charge in [0.2, 0.25) is 0 Å². The number of thiocarbonyl (C=S) groups is 1. The highest BCUT2D eigenvalue weighted by molar-refractivity contribution is 7.80. The van der Waals surface area contributed by atoms with Crippen LogP contribution in [0.5, 0.6) is 0 Å². The molecule has 2 rings (SSSR count). The standard InChI is InChI=1S/C14H20FN3S/c1-11-4-5-12(10-13(11)15)17-14(19)16-6-9-18-7-2-3-8-18/h4-5,10H,2-3,6-9H2,1H3,(H2,16,17,19)/p+1. The Bertz CT molecular complexity index is 444. The Morgan fingerprint density at radius 3 is 2.79 bits per heavy atom. The Hall–Kier alpha value is -1.20. The number of nitrogens with one attached hydrogen (secondary N) is 3. The maximum atomic E-state index is 13.4. The molecule has 5 heteroatoms. The molecule has 1 aliphatic rings. The molecule has 1 heterocycles. The van der Waals surface area contributed by atoms with Gasteiger partial charge in [0, 0.05) is 18.5 Å². The van der Waals surface area contributed by atoms with Crippen molar-refractivity contribution in [2.24, 2.45) is 0 Å². The molecule has 0 amide bonds. The highest BCUT2D eigenvalue weighted by atomic mass is 32.1. The predicted octanol–water partition coefficient (Wildman–Crippen LogP) is 1.10. The summed E-state index contributed by atoms with van der Waals surface area (Å²) in [6.07, 6.45) is 2.67. The van der Waals surface area contributed by atoms with Gasteiger partial charge in [-0.05, 0) is 36.8 Å². The van der Waals surface area contributed by atoms with Crippen LogP contribution >= 0.6 is 12.2 Å². The van der Waals surface area contributed by atoms with Gasteiger partial charge < -0.3 is 15.5 Å². The van der Waals surface area contributed by atoms with Gasteiger partial charge in [0.25, 0.3) is 0 Å². The van der Waals surface area contributed by atoms with E-state index in [1.54, 1.807) is 17.9 Å². The largest absolute Gasteiger partial charge is 0.357 e. The first kappa shape index (κ1) is 14.2. The van der Waals surface area contributed by atoms with Crippen LogP contribution in [0.25, 0.3) is 0 Å². The van der Waals surface area contributed by atoms with E-state index in [2.05, 4.69) is 10.6 Å². The number of hydrogen-bond donors (Lipinski definition) is 3.